The van der Waals surface area contributed by atoms with Gasteiger partial charge in [0, 0.05) is 12.8 Å². The quantitative estimate of drug-likeness (QED) is 0.870. The summed E-state index contributed by atoms with van der Waals surface area (Å²) in [6, 6.07) is 5.50. The Bertz CT molecular complexity index is 538. The number of nitrogens with zero attached hydrogens (tertiary/aromatic N) is 3. The lowest BCUT2D eigenvalue weighted by molar-refractivity contribution is 0.692. The van der Waals surface area contributed by atoms with Crippen LogP contribution in [0.3, 0.4) is 0 Å². The van der Waals surface area contributed by atoms with Crippen molar-refractivity contribution in [1.29, 1.82) is 0 Å². The molecule has 0 aliphatic heterocycles. The van der Waals surface area contributed by atoms with E-state index in [1.54, 1.807) is 23.9 Å². The summed E-state index contributed by atoms with van der Waals surface area (Å²) in [5, 5.41) is 6.01. The van der Waals surface area contributed by atoms with Crippen LogP contribution >= 0.6 is 23.4 Å². The van der Waals surface area contributed by atoms with E-state index in [9.17, 15) is 0 Å². The fourth-order valence-corrected chi connectivity index (χ4v) is 2.70. The number of pyridine rings is 1. The molecule has 0 saturated carbocycles. The highest BCUT2D eigenvalue weighted by Crippen LogP contribution is 2.26. The summed E-state index contributed by atoms with van der Waals surface area (Å²) in [5.74, 6) is 1.18. The summed E-state index contributed by atoms with van der Waals surface area (Å²) >= 11 is 7.70. The van der Waals surface area contributed by atoms with Crippen molar-refractivity contribution in [3.05, 3.63) is 34.6 Å². The zero-order valence-corrected chi connectivity index (χ0v) is 11.2. The SMILES string of the molecule is Cc1cc(SCc2nc(N)ccc2Cl)n(C)n1. The summed E-state index contributed by atoms with van der Waals surface area (Å²) in [6.45, 7) is 1.97. The van der Waals surface area contributed by atoms with E-state index in [1.807, 2.05) is 24.7 Å². The third-order valence-corrected chi connectivity index (χ3v) is 3.70. The van der Waals surface area contributed by atoms with Gasteiger partial charge in [-0.05, 0) is 25.1 Å². The standard InChI is InChI=1S/C11H13ClN4S/c1-7-5-11(16(2)15-7)17-6-9-8(12)3-4-10(13)14-9/h3-5H,6H2,1-2H3,(H2,13,14). The molecule has 0 unspecified atom stereocenters. The lowest BCUT2D eigenvalue weighted by Crippen LogP contribution is -1.96. The Morgan fingerprint density at radius 3 is 2.88 bits per heavy atom. The summed E-state index contributed by atoms with van der Waals surface area (Å²) < 4.78 is 1.85. The number of nitrogens with two attached hydrogens (primary N) is 1. The predicted octanol–water partition coefficient (Wildman–Crippen LogP) is 2.65. The molecule has 0 bridgehead atoms. The maximum absolute atomic E-state index is 6.05. The smallest absolute Gasteiger partial charge is 0.123 e. The number of halogens is 1. The normalized spacial score (nSPS) is 10.8. The second-order valence-electron chi connectivity index (χ2n) is 3.70. The summed E-state index contributed by atoms with van der Waals surface area (Å²) in [5.41, 5.74) is 7.44. The Morgan fingerprint density at radius 1 is 1.47 bits per heavy atom. The molecular weight excluding hydrogens is 256 g/mol. The highest BCUT2D eigenvalue weighted by Gasteiger charge is 2.07. The lowest BCUT2D eigenvalue weighted by Gasteiger charge is -2.04. The lowest BCUT2D eigenvalue weighted by atomic mass is 10.4. The third-order valence-electron chi connectivity index (χ3n) is 2.26. The Labute approximate surface area is 109 Å². The van der Waals surface area contributed by atoms with Gasteiger partial charge in [-0.1, -0.05) is 11.6 Å². The number of aryl methyl sites for hydroxylation is 2. The Kier molecular flexibility index (Phi) is 3.59. The molecule has 4 nitrogen and oxygen atoms in total. The highest BCUT2D eigenvalue weighted by atomic mass is 35.5. The summed E-state index contributed by atoms with van der Waals surface area (Å²) in [7, 11) is 1.92. The first-order valence-corrected chi connectivity index (χ1v) is 6.47. The average molecular weight is 269 g/mol. The average Bonchev–Trinajstić information content (AvgIpc) is 2.59. The monoisotopic (exact) mass is 268 g/mol. The van der Waals surface area contributed by atoms with E-state index in [-0.39, 0.29) is 0 Å². The number of hydrogen-bond acceptors (Lipinski definition) is 4. The number of anilines is 1. The predicted molar refractivity (Wildman–Crippen MR) is 71.2 cm³/mol. The van der Waals surface area contributed by atoms with Gasteiger partial charge in [0.2, 0.25) is 0 Å². The Hall–Kier alpha value is -1.20. The van der Waals surface area contributed by atoms with Gasteiger partial charge in [0.25, 0.3) is 0 Å². The fourth-order valence-electron chi connectivity index (χ4n) is 1.47. The van der Waals surface area contributed by atoms with Crippen molar-refractivity contribution in [2.45, 2.75) is 17.7 Å². The molecule has 0 aliphatic rings. The van der Waals surface area contributed by atoms with Crippen LogP contribution in [0.15, 0.2) is 23.2 Å². The van der Waals surface area contributed by atoms with Crippen molar-refractivity contribution in [1.82, 2.24) is 14.8 Å². The van der Waals surface area contributed by atoms with E-state index in [0.29, 0.717) is 16.6 Å². The molecule has 2 aromatic rings. The molecule has 0 saturated heterocycles. The van der Waals surface area contributed by atoms with E-state index < -0.39 is 0 Å². The van der Waals surface area contributed by atoms with Gasteiger partial charge in [0.05, 0.1) is 21.4 Å². The van der Waals surface area contributed by atoms with Crippen LogP contribution in [0.4, 0.5) is 5.82 Å². The molecule has 6 heteroatoms. The molecular formula is C11H13ClN4S. The molecule has 2 N–H and O–H groups in total. The Morgan fingerprint density at radius 2 is 2.24 bits per heavy atom. The molecule has 0 fully saturated rings. The van der Waals surface area contributed by atoms with Crippen molar-refractivity contribution in [2.75, 3.05) is 5.73 Å². The van der Waals surface area contributed by atoms with Crippen LogP contribution in [0.2, 0.25) is 5.02 Å². The van der Waals surface area contributed by atoms with Crippen LogP contribution in [0.25, 0.3) is 0 Å². The van der Waals surface area contributed by atoms with Gasteiger partial charge in [-0.3, -0.25) is 4.68 Å². The fraction of sp³-hybridized carbons (Fsp3) is 0.273. The summed E-state index contributed by atoms with van der Waals surface area (Å²) in [4.78, 5) is 4.22. The van der Waals surface area contributed by atoms with Gasteiger partial charge in [0.1, 0.15) is 5.82 Å². The van der Waals surface area contributed by atoms with Gasteiger partial charge in [-0.2, -0.15) is 5.10 Å². The van der Waals surface area contributed by atoms with Gasteiger partial charge in [-0.15, -0.1) is 11.8 Å². The second-order valence-corrected chi connectivity index (χ2v) is 5.10. The van der Waals surface area contributed by atoms with Crippen molar-refractivity contribution in [2.24, 2.45) is 7.05 Å². The van der Waals surface area contributed by atoms with Gasteiger partial charge >= 0.3 is 0 Å². The maximum atomic E-state index is 6.05. The largest absolute Gasteiger partial charge is 0.384 e. The summed E-state index contributed by atoms with van der Waals surface area (Å²) in [6.07, 6.45) is 0. The molecule has 17 heavy (non-hydrogen) atoms. The first-order chi connectivity index (χ1) is 8.06. The van der Waals surface area contributed by atoms with Crippen LogP contribution < -0.4 is 5.73 Å². The first kappa shape index (κ1) is 12.3. The number of hydrogen-bond donors (Lipinski definition) is 1. The molecule has 90 valence electrons. The van der Waals surface area contributed by atoms with Crippen molar-refractivity contribution < 1.29 is 0 Å². The third kappa shape index (κ3) is 2.92. The molecule has 0 aliphatic carbocycles. The number of nitrogen functional groups attached to an aromatic ring is 1. The maximum Gasteiger partial charge on any atom is 0.123 e. The van der Waals surface area contributed by atoms with Crippen LogP contribution in [-0.2, 0) is 12.8 Å². The zero-order chi connectivity index (χ0) is 12.4. The molecule has 2 rings (SSSR count). The molecule has 0 radical (unpaired) electrons. The van der Waals surface area contributed by atoms with Crippen LogP contribution in [-0.4, -0.2) is 14.8 Å². The van der Waals surface area contributed by atoms with Crippen molar-refractivity contribution in [3.8, 4) is 0 Å². The van der Waals surface area contributed by atoms with Crippen LogP contribution in [0, 0.1) is 6.92 Å². The molecule has 2 heterocycles. The van der Waals surface area contributed by atoms with E-state index in [4.69, 9.17) is 17.3 Å². The van der Waals surface area contributed by atoms with Crippen LogP contribution in [0.5, 0.6) is 0 Å². The molecule has 0 aromatic carbocycles. The van der Waals surface area contributed by atoms with Crippen LogP contribution in [0.1, 0.15) is 11.4 Å². The number of thioether (sulfide) groups is 1. The van der Waals surface area contributed by atoms with E-state index in [0.717, 1.165) is 16.4 Å². The second kappa shape index (κ2) is 4.98. The topological polar surface area (TPSA) is 56.7 Å². The minimum absolute atomic E-state index is 0.492. The van der Waals surface area contributed by atoms with Crippen molar-refractivity contribution in [3.63, 3.8) is 0 Å². The minimum Gasteiger partial charge on any atom is -0.384 e. The highest BCUT2D eigenvalue weighted by molar-refractivity contribution is 7.98. The molecule has 0 amide bonds. The van der Waals surface area contributed by atoms with Gasteiger partial charge in [-0.25, -0.2) is 4.98 Å². The van der Waals surface area contributed by atoms with E-state index in [2.05, 4.69) is 10.1 Å². The number of rotatable bonds is 3. The molecule has 2 aromatic heterocycles. The Balaban J connectivity index is 2.12. The van der Waals surface area contributed by atoms with Gasteiger partial charge in [0.15, 0.2) is 0 Å². The zero-order valence-electron chi connectivity index (χ0n) is 9.64. The van der Waals surface area contributed by atoms with Crippen molar-refractivity contribution >= 4 is 29.2 Å². The molecule has 0 spiro atoms. The molecule has 0 atom stereocenters. The van der Waals surface area contributed by atoms with E-state index >= 15 is 0 Å². The first-order valence-electron chi connectivity index (χ1n) is 5.10. The number of aromatic nitrogens is 3. The van der Waals surface area contributed by atoms with Gasteiger partial charge < -0.3 is 5.73 Å². The minimum atomic E-state index is 0.492. The van der Waals surface area contributed by atoms with E-state index in [1.165, 1.54) is 0 Å².